The molecular formula is C29H42O8. The van der Waals surface area contributed by atoms with Crippen LogP contribution in [0, 0.1) is 34.0 Å². The summed E-state index contributed by atoms with van der Waals surface area (Å²) >= 11 is 0. The number of allylic oxidation sites excluding steroid dienone is 1. The number of carbonyl (C=O) groups is 3. The van der Waals surface area contributed by atoms with Crippen molar-refractivity contribution in [2.75, 3.05) is 6.61 Å². The normalized spacial score (nSPS) is 46.5. The average molecular weight is 519 g/mol. The Morgan fingerprint density at radius 1 is 1.03 bits per heavy atom. The fourth-order valence-electron chi connectivity index (χ4n) is 9.31. The van der Waals surface area contributed by atoms with E-state index in [0.29, 0.717) is 17.3 Å². The van der Waals surface area contributed by atoms with Gasteiger partial charge >= 0.3 is 17.9 Å². The smallest absolute Gasteiger partial charge is 0.314 e. The molecule has 0 aromatic carbocycles. The summed E-state index contributed by atoms with van der Waals surface area (Å²) in [6.07, 6.45) is 5.01. The van der Waals surface area contributed by atoms with Crippen LogP contribution in [0.3, 0.4) is 0 Å². The summed E-state index contributed by atoms with van der Waals surface area (Å²) in [6, 6.07) is 0. The van der Waals surface area contributed by atoms with Crippen molar-refractivity contribution in [3.8, 4) is 0 Å². The van der Waals surface area contributed by atoms with Crippen LogP contribution in [0.15, 0.2) is 12.2 Å². The predicted molar refractivity (Wildman–Crippen MR) is 133 cm³/mol. The number of fused-ring (bicyclic) bond motifs is 3. The Morgan fingerprint density at radius 2 is 1.78 bits per heavy atom. The first-order valence-electron chi connectivity index (χ1n) is 13.9. The van der Waals surface area contributed by atoms with E-state index in [1.165, 1.54) is 38.7 Å². The van der Waals surface area contributed by atoms with E-state index >= 15 is 0 Å². The first kappa shape index (κ1) is 26.7. The molecular weight excluding hydrogens is 476 g/mol. The van der Waals surface area contributed by atoms with E-state index in [9.17, 15) is 19.5 Å². The van der Waals surface area contributed by atoms with Crippen LogP contribution in [0.5, 0.6) is 0 Å². The molecule has 1 N–H and O–H groups in total. The van der Waals surface area contributed by atoms with Crippen molar-refractivity contribution in [1.82, 2.24) is 0 Å². The fourth-order valence-corrected chi connectivity index (χ4v) is 9.31. The third-order valence-corrected chi connectivity index (χ3v) is 10.8. The minimum absolute atomic E-state index is 0.0488. The van der Waals surface area contributed by atoms with Gasteiger partial charge < -0.3 is 24.1 Å². The van der Waals surface area contributed by atoms with Crippen LogP contribution < -0.4 is 0 Å². The highest BCUT2D eigenvalue weighted by Gasteiger charge is 2.65. The fraction of sp³-hybridized carbons (Fsp3) is 0.828. The van der Waals surface area contributed by atoms with Gasteiger partial charge in [-0.3, -0.25) is 14.4 Å². The quantitative estimate of drug-likeness (QED) is 0.330. The van der Waals surface area contributed by atoms with E-state index in [2.05, 4.69) is 13.5 Å². The van der Waals surface area contributed by atoms with Gasteiger partial charge in [0, 0.05) is 13.8 Å². The summed E-state index contributed by atoms with van der Waals surface area (Å²) in [7, 11) is 0. The van der Waals surface area contributed by atoms with Crippen LogP contribution in [0.1, 0.15) is 85.5 Å². The van der Waals surface area contributed by atoms with Crippen LogP contribution in [0.4, 0.5) is 0 Å². The van der Waals surface area contributed by atoms with Crippen molar-refractivity contribution in [1.29, 1.82) is 0 Å². The molecule has 1 saturated heterocycles. The number of hydrogen-bond donors (Lipinski definition) is 1. The second-order valence-electron chi connectivity index (χ2n) is 12.9. The van der Waals surface area contributed by atoms with Crippen molar-refractivity contribution < 1.29 is 38.4 Å². The lowest BCUT2D eigenvalue weighted by atomic mass is 9.41. The highest BCUT2D eigenvalue weighted by atomic mass is 16.7. The molecule has 0 radical (unpaired) electrons. The number of aliphatic hydroxyl groups excluding tert-OH is 1. The van der Waals surface area contributed by atoms with Gasteiger partial charge in [0.25, 0.3) is 0 Å². The molecule has 8 nitrogen and oxygen atoms in total. The van der Waals surface area contributed by atoms with Gasteiger partial charge in [0.05, 0.1) is 5.41 Å². The minimum Gasteiger partial charge on any atom is -0.463 e. The van der Waals surface area contributed by atoms with Gasteiger partial charge in [-0.25, -0.2) is 0 Å². The van der Waals surface area contributed by atoms with Crippen LogP contribution in [-0.4, -0.2) is 54.2 Å². The molecule has 1 aliphatic heterocycles. The lowest BCUT2D eigenvalue weighted by Gasteiger charge is -2.63. The number of rotatable bonds is 5. The lowest BCUT2D eigenvalue weighted by molar-refractivity contribution is -0.217. The molecule has 0 aromatic heterocycles. The monoisotopic (exact) mass is 518 g/mol. The summed E-state index contributed by atoms with van der Waals surface area (Å²) < 4.78 is 21.9. The van der Waals surface area contributed by atoms with Crippen LogP contribution in [0.2, 0.25) is 0 Å². The molecule has 8 heteroatoms. The summed E-state index contributed by atoms with van der Waals surface area (Å²) in [5.41, 5.74) is 1.11. The Kier molecular flexibility index (Phi) is 6.75. The van der Waals surface area contributed by atoms with Crippen molar-refractivity contribution in [2.45, 2.75) is 110 Å². The zero-order valence-electron chi connectivity index (χ0n) is 22.6. The SMILES string of the molecule is C=C1C[C@@]23CC[C@H]4[C@@](C)(CCC[C@@]4(C)C(=O)O[C@H]4O[C@@H](COC(C)=O)[C@H](OC(C)=O)[C@H]4O)[C@@H]2CCC1C3. The van der Waals surface area contributed by atoms with Crippen molar-refractivity contribution in [2.24, 2.45) is 34.0 Å². The third-order valence-electron chi connectivity index (χ3n) is 10.8. The van der Waals surface area contributed by atoms with Gasteiger partial charge in [-0.15, -0.1) is 0 Å². The number of carbonyl (C=O) groups excluding carboxylic acids is 3. The first-order valence-corrected chi connectivity index (χ1v) is 13.9. The third kappa shape index (κ3) is 4.32. The summed E-state index contributed by atoms with van der Waals surface area (Å²) in [5.74, 6) is -0.0737. The maximum Gasteiger partial charge on any atom is 0.314 e. The Morgan fingerprint density at radius 3 is 2.49 bits per heavy atom. The second-order valence-corrected chi connectivity index (χ2v) is 12.9. The largest absolute Gasteiger partial charge is 0.463 e. The van der Waals surface area contributed by atoms with E-state index in [1.807, 2.05) is 6.92 Å². The maximum absolute atomic E-state index is 13.9. The van der Waals surface area contributed by atoms with Crippen LogP contribution >= 0.6 is 0 Å². The van der Waals surface area contributed by atoms with E-state index in [-0.39, 0.29) is 23.9 Å². The van der Waals surface area contributed by atoms with Gasteiger partial charge in [-0.1, -0.05) is 25.5 Å². The Hall–Kier alpha value is -1.93. The first-order chi connectivity index (χ1) is 17.4. The molecule has 10 atom stereocenters. The summed E-state index contributed by atoms with van der Waals surface area (Å²) in [4.78, 5) is 36.8. The van der Waals surface area contributed by atoms with Crippen LogP contribution in [0.25, 0.3) is 0 Å². The number of esters is 3. The van der Waals surface area contributed by atoms with Crippen LogP contribution in [-0.2, 0) is 33.3 Å². The molecule has 1 unspecified atom stereocenters. The molecule has 37 heavy (non-hydrogen) atoms. The van der Waals surface area contributed by atoms with Gasteiger partial charge in [0.15, 0.2) is 12.2 Å². The molecule has 206 valence electrons. The van der Waals surface area contributed by atoms with E-state index in [0.717, 1.165) is 38.5 Å². The highest BCUT2D eigenvalue weighted by Crippen LogP contribution is 2.72. The van der Waals surface area contributed by atoms with Crippen molar-refractivity contribution in [3.05, 3.63) is 12.2 Å². The van der Waals surface area contributed by atoms with E-state index in [1.54, 1.807) is 0 Å². The molecule has 5 fully saturated rings. The zero-order valence-corrected chi connectivity index (χ0v) is 22.6. The standard InChI is InChI=1S/C29H42O8/c1-16-13-29-12-9-21-27(4,22(29)8-7-19(16)14-29)10-6-11-28(21,5)26(33)37-25-23(32)24(35-18(3)31)20(36-25)15-34-17(2)30/h19-25,32H,1,6-15H2,2-5H3/t19?,20-,21-,22-,23+,24-,25+,27+,28+,29+/m0/s1. The number of hydrogen-bond acceptors (Lipinski definition) is 8. The van der Waals surface area contributed by atoms with Gasteiger partial charge in [0.1, 0.15) is 12.7 Å². The molecule has 1 spiro atoms. The Labute approximate surface area is 219 Å². The number of aliphatic hydroxyl groups is 1. The molecule has 4 saturated carbocycles. The lowest BCUT2D eigenvalue weighted by Crippen LogP contribution is -2.58. The molecule has 0 amide bonds. The summed E-state index contributed by atoms with van der Waals surface area (Å²) in [5, 5.41) is 10.9. The van der Waals surface area contributed by atoms with Crippen molar-refractivity contribution in [3.63, 3.8) is 0 Å². The van der Waals surface area contributed by atoms with Gasteiger partial charge in [-0.05, 0) is 86.9 Å². The number of ether oxygens (including phenoxy) is 4. The van der Waals surface area contributed by atoms with E-state index < -0.39 is 42.0 Å². The maximum atomic E-state index is 13.9. The molecule has 4 aliphatic carbocycles. The van der Waals surface area contributed by atoms with E-state index in [4.69, 9.17) is 18.9 Å². The van der Waals surface area contributed by atoms with Gasteiger partial charge in [0.2, 0.25) is 6.29 Å². The average Bonchev–Trinajstić information content (AvgIpc) is 3.23. The molecule has 1 heterocycles. The van der Waals surface area contributed by atoms with Gasteiger partial charge in [-0.2, -0.15) is 0 Å². The minimum atomic E-state index is -1.37. The zero-order chi connectivity index (χ0) is 26.8. The Balaban J connectivity index is 1.34. The molecule has 5 aliphatic rings. The molecule has 2 bridgehead atoms. The molecule has 0 aromatic rings. The predicted octanol–water partition coefficient (Wildman–Crippen LogP) is 4.08. The Bertz CT molecular complexity index is 977. The highest BCUT2D eigenvalue weighted by molar-refractivity contribution is 5.77. The summed E-state index contributed by atoms with van der Waals surface area (Å²) in [6.45, 7) is 11.1. The van der Waals surface area contributed by atoms with Crippen molar-refractivity contribution >= 4 is 17.9 Å². The molecule has 5 rings (SSSR count). The second kappa shape index (κ2) is 9.37. The topological polar surface area (TPSA) is 108 Å².